The molecule has 2 N–H and O–H groups in total. The van der Waals surface area contributed by atoms with Crippen molar-refractivity contribution >= 4 is 38.8 Å². The number of halogens is 1. The van der Waals surface area contributed by atoms with Gasteiger partial charge >= 0.3 is 0 Å². The van der Waals surface area contributed by atoms with Gasteiger partial charge in [-0.25, -0.2) is 4.98 Å². The molecule has 0 spiro atoms. The van der Waals surface area contributed by atoms with E-state index in [4.69, 9.17) is 17.3 Å². The molecular formula is C13H9ClN2S. The first-order chi connectivity index (χ1) is 8.25. The molecule has 0 unspecified atom stereocenters. The number of hydrogen-bond acceptors (Lipinski definition) is 3. The molecule has 0 aliphatic carbocycles. The van der Waals surface area contributed by atoms with Crippen LogP contribution in [0.25, 0.3) is 21.2 Å². The smallest absolute Gasteiger partial charge is 0.131 e. The van der Waals surface area contributed by atoms with E-state index in [0.29, 0.717) is 10.8 Å². The summed E-state index contributed by atoms with van der Waals surface area (Å²) in [5.41, 5.74) is 7.90. The van der Waals surface area contributed by atoms with E-state index in [1.54, 1.807) is 17.5 Å². The van der Waals surface area contributed by atoms with E-state index < -0.39 is 0 Å². The second kappa shape index (κ2) is 4.02. The van der Waals surface area contributed by atoms with Crippen molar-refractivity contribution in [1.82, 2.24) is 4.98 Å². The van der Waals surface area contributed by atoms with Crippen LogP contribution >= 0.6 is 22.9 Å². The normalized spacial score (nSPS) is 10.9. The third kappa shape index (κ3) is 1.77. The zero-order chi connectivity index (χ0) is 11.8. The van der Waals surface area contributed by atoms with Crippen LogP contribution in [0.15, 0.2) is 41.9 Å². The standard InChI is InChI=1S/C13H9ClN2S/c14-9-6-11(13(15)16-7-9)10-3-1-2-8-4-5-17-12(8)10/h1-7H,(H2,15,16). The molecule has 0 fully saturated rings. The fourth-order valence-electron chi connectivity index (χ4n) is 1.87. The molecule has 84 valence electrons. The molecule has 2 aromatic heterocycles. The molecule has 17 heavy (non-hydrogen) atoms. The molecule has 2 heterocycles. The minimum Gasteiger partial charge on any atom is -0.383 e. The van der Waals surface area contributed by atoms with Crippen molar-refractivity contribution in [2.75, 3.05) is 5.73 Å². The zero-order valence-electron chi connectivity index (χ0n) is 8.85. The highest BCUT2D eigenvalue weighted by atomic mass is 35.5. The lowest BCUT2D eigenvalue weighted by atomic mass is 10.1. The summed E-state index contributed by atoms with van der Waals surface area (Å²) in [7, 11) is 0. The van der Waals surface area contributed by atoms with E-state index in [0.717, 1.165) is 11.1 Å². The monoisotopic (exact) mass is 260 g/mol. The van der Waals surface area contributed by atoms with Gasteiger partial charge in [-0.1, -0.05) is 29.8 Å². The first-order valence-corrected chi connectivity index (χ1v) is 6.39. The minimum atomic E-state index is 0.510. The highest BCUT2D eigenvalue weighted by molar-refractivity contribution is 7.17. The first kappa shape index (κ1) is 10.6. The van der Waals surface area contributed by atoms with Crippen molar-refractivity contribution in [3.8, 4) is 11.1 Å². The van der Waals surface area contributed by atoms with Gasteiger partial charge in [-0.05, 0) is 22.9 Å². The molecule has 0 saturated carbocycles. The van der Waals surface area contributed by atoms with Crippen LogP contribution in [0.5, 0.6) is 0 Å². The maximum absolute atomic E-state index is 5.98. The number of nitrogen functional groups attached to an aromatic ring is 1. The quantitative estimate of drug-likeness (QED) is 0.712. The number of hydrogen-bond donors (Lipinski definition) is 1. The minimum absolute atomic E-state index is 0.510. The molecule has 0 amide bonds. The van der Waals surface area contributed by atoms with E-state index in [9.17, 15) is 0 Å². The molecule has 4 heteroatoms. The van der Waals surface area contributed by atoms with Crippen molar-refractivity contribution in [3.63, 3.8) is 0 Å². The predicted octanol–water partition coefficient (Wildman–Crippen LogP) is 4.20. The largest absolute Gasteiger partial charge is 0.383 e. The van der Waals surface area contributed by atoms with Crippen LogP contribution in [0.4, 0.5) is 5.82 Å². The average molecular weight is 261 g/mol. The van der Waals surface area contributed by atoms with Crippen LogP contribution in [-0.2, 0) is 0 Å². The topological polar surface area (TPSA) is 38.9 Å². The van der Waals surface area contributed by atoms with Crippen LogP contribution in [-0.4, -0.2) is 4.98 Å². The summed E-state index contributed by atoms with van der Waals surface area (Å²) >= 11 is 7.67. The van der Waals surface area contributed by atoms with Gasteiger partial charge in [-0.15, -0.1) is 11.3 Å². The molecule has 2 nitrogen and oxygen atoms in total. The number of fused-ring (bicyclic) bond motifs is 1. The van der Waals surface area contributed by atoms with E-state index >= 15 is 0 Å². The summed E-state index contributed by atoms with van der Waals surface area (Å²) in [6, 6.07) is 10.1. The lowest BCUT2D eigenvalue weighted by Gasteiger charge is -2.06. The molecule has 0 aliphatic rings. The van der Waals surface area contributed by atoms with Crippen molar-refractivity contribution in [1.29, 1.82) is 0 Å². The number of benzene rings is 1. The number of nitrogens with zero attached hydrogens (tertiary/aromatic N) is 1. The molecule has 3 rings (SSSR count). The van der Waals surface area contributed by atoms with Gasteiger partial charge in [-0.2, -0.15) is 0 Å². The number of anilines is 1. The Hall–Kier alpha value is -1.58. The predicted molar refractivity (Wildman–Crippen MR) is 74.5 cm³/mol. The number of pyridine rings is 1. The Bertz CT molecular complexity index is 691. The lowest BCUT2D eigenvalue weighted by Crippen LogP contribution is -1.93. The van der Waals surface area contributed by atoms with E-state index in [1.807, 2.05) is 18.2 Å². The number of nitrogens with two attached hydrogens (primary N) is 1. The third-order valence-corrected chi connectivity index (χ3v) is 3.82. The van der Waals surface area contributed by atoms with Crippen molar-refractivity contribution < 1.29 is 0 Å². The second-order valence-electron chi connectivity index (χ2n) is 3.73. The fraction of sp³-hybridized carbons (Fsp3) is 0. The van der Waals surface area contributed by atoms with Crippen LogP contribution in [0.1, 0.15) is 0 Å². The van der Waals surface area contributed by atoms with Crippen LogP contribution in [0.2, 0.25) is 5.02 Å². The Morgan fingerprint density at radius 1 is 1.18 bits per heavy atom. The van der Waals surface area contributed by atoms with Crippen molar-refractivity contribution in [2.24, 2.45) is 0 Å². The van der Waals surface area contributed by atoms with Gasteiger partial charge in [0.1, 0.15) is 5.82 Å². The zero-order valence-corrected chi connectivity index (χ0v) is 10.4. The molecule has 0 bridgehead atoms. The van der Waals surface area contributed by atoms with Gasteiger partial charge in [0.2, 0.25) is 0 Å². The van der Waals surface area contributed by atoms with Gasteiger partial charge in [0.15, 0.2) is 0 Å². The highest BCUT2D eigenvalue weighted by Crippen LogP contribution is 2.35. The Kier molecular flexibility index (Phi) is 2.50. The molecule has 3 aromatic rings. The third-order valence-electron chi connectivity index (χ3n) is 2.65. The number of thiophene rings is 1. The van der Waals surface area contributed by atoms with Crippen LogP contribution in [0, 0.1) is 0 Å². The van der Waals surface area contributed by atoms with E-state index in [1.165, 1.54) is 10.1 Å². The first-order valence-electron chi connectivity index (χ1n) is 5.13. The summed E-state index contributed by atoms with van der Waals surface area (Å²) in [6.07, 6.45) is 1.56. The SMILES string of the molecule is Nc1ncc(Cl)cc1-c1cccc2ccsc12. The molecule has 0 aliphatic heterocycles. The van der Waals surface area contributed by atoms with Gasteiger partial charge in [0.25, 0.3) is 0 Å². The molecule has 0 atom stereocenters. The average Bonchev–Trinajstić information content (AvgIpc) is 2.80. The summed E-state index contributed by atoms with van der Waals surface area (Å²) in [6.45, 7) is 0. The fourth-order valence-corrected chi connectivity index (χ4v) is 2.96. The Balaban J connectivity index is 2.34. The Morgan fingerprint density at radius 3 is 2.94 bits per heavy atom. The van der Waals surface area contributed by atoms with Gasteiger partial charge < -0.3 is 5.73 Å². The number of aromatic nitrogens is 1. The Labute approximate surface area is 108 Å². The second-order valence-corrected chi connectivity index (χ2v) is 5.08. The Morgan fingerprint density at radius 2 is 2.06 bits per heavy atom. The van der Waals surface area contributed by atoms with Crippen molar-refractivity contribution in [2.45, 2.75) is 0 Å². The molecular weight excluding hydrogens is 252 g/mol. The summed E-state index contributed by atoms with van der Waals surface area (Å²) in [5.74, 6) is 0.510. The highest BCUT2D eigenvalue weighted by Gasteiger charge is 2.09. The van der Waals surface area contributed by atoms with Gasteiger partial charge in [0, 0.05) is 22.0 Å². The van der Waals surface area contributed by atoms with E-state index in [2.05, 4.69) is 22.5 Å². The van der Waals surface area contributed by atoms with E-state index in [-0.39, 0.29) is 0 Å². The summed E-state index contributed by atoms with van der Waals surface area (Å²) in [5, 5.41) is 3.89. The maximum Gasteiger partial charge on any atom is 0.131 e. The maximum atomic E-state index is 5.98. The summed E-state index contributed by atoms with van der Waals surface area (Å²) in [4.78, 5) is 4.10. The molecule has 1 aromatic carbocycles. The van der Waals surface area contributed by atoms with Crippen LogP contribution < -0.4 is 5.73 Å². The number of rotatable bonds is 1. The van der Waals surface area contributed by atoms with Crippen LogP contribution in [0.3, 0.4) is 0 Å². The summed E-state index contributed by atoms with van der Waals surface area (Å²) < 4.78 is 1.21. The van der Waals surface area contributed by atoms with Crippen molar-refractivity contribution in [3.05, 3.63) is 46.9 Å². The lowest BCUT2D eigenvalue weighted by molar-refractivity contribution is 1.34. The van der Waals surface area contributed by atoms with Gasteiger partial charge in [0.05, 0.1) is 5.02 Å². The molecule has 0 saturated heterocycles. The van der Waals surface area contributed by atoms with Gasteiger partial charge in [-0.3, -0.25) is 0 Å². The molecule has 0 radical (unpaired) electrons.